The Morgan fingerprint density at radius 3 is 2.45 bits per heavy atom. The molecule has 0 aromatic heterocycles. The Hall–Kier alpha value is -1.10. The summed E-state index contributed by atoms with van der Waals surface area (Å²) < 4.78 is 28.2. The lowest BCUT2D eigenvalue weighted by Gasteiger charge is -2.46. The van der Waals surface area contributed by atoms with E-state index in [0.717, 1.165) is 0 Å². The first kappa shape index (κ1) is 17.3. The first-order valence-electron chi connectivity index (χ1n) is 6.77. The number of fused-ring (bicyclic) bond motifs is 1. The topological polar surface area (TPSA) is 78.9 Å². The van der Waals surface area contributed by atoms with E-state index in [0.29, 0.717) is 5.03 Å². The fraction of sp³-hybridized carbons (Fsp3) is 0.571. The van der Waals surface area contributed by atoms with Crippen LogP contribution in [0.2, 0.25) is 0 Å². The monoisotopic (exact) mass is 348 g/mol. The average molecular weight is 349 g/mol. The van der Waals surface area contributed by atoms with Crippen LogP contribution in [0.25, 0.3) is 0 Å². The number of rotatable bonds is 4. The summed E-state index contributed by atoms with van der Waals surface area (Å²) in [5.41, 5.74) is -1.85. The van der Waals surface area contributed by atoms with E-state index >= 15 is 0 Å². The second kappa shape index (κ2) is 5.84. The van der Waals surface area contributed by atoms with Gasteiger partial charge in [-0.1, -0.05) is 17.7 Å². The predicted molar refractivity (Wildman–Crippen MR) is 81.0 cm³/mol. The highest BCUT2D eigenvalue weighted by Crippen LogP contribution is 2.69. The highest BCUT2D eigenvalue weighted by Gasteiger charge is 2.59. The number of hydrogen-bond acceptors (Lipinski definition) is 6. The Labute approximate surface area is 133 Å². The maximum Gasteiger partial charge on any atom is 0.335 e. The van der Waals surface area contributed by atoms with E-state index < -0.39 is 30.4 Å². The lowest BCUT2D eigenvalue weighted by atomic mass is 9.75. The molecule has 0 N–H and O–H groups in total. The molecule has 0 saturated carbocycles. The van der Waals surface area contributed by atoms with Gasteiger partial charge in [-0.05, 0) is 13.8 Å². The molecule has 0 aromatic carbocycles. The Morgan fingerprint density at radius 1 is 1.36 bits per heavy atom. The molecule has 6 nitrogen and oxygen atoms in total. The molecule has 0 amide bonds. The summed E-state index contributed by atoms with van der Waals surface area (Å²) >= 11 is 6.28. The number of esters is 2. The zero-order valence-corrected chi connectivity index (χ0v) is 14.5. The minimum absolute atomic E-state index is 0.0179. The van der Waals surface area contributed by atoms with E-state index in [9.17, 15) is 14.2 Å². The lowest BCUT2D eigenvalue weighted by Crippen LogP contribution is -2.45. The number of methoxy groups -OCH3 is 2. The van der Waals surface area contributed by atoms with Crippen molar-refractivity contribution in [3.8, 4) is 0 Å². The van der Waals surface area contributed by atoms with Gasteiger partial charge in [-0.2, -0.15) is 0 Å². The highest BCUT2D eigenvalue weighted by atomic mass is 35.5. The Balaban J connectivity index is 2.74. The van der Waals surface area contributed by atoms with Crippen LogP contribution < -0.4 is 0 Å². The predicted octanol–water partition coefficient (Wildman–Crippen LogP) is 2.47. The van der Waals surface area contributed by atoms with Crippen molar-refractivity contribution in [2.75, 3.05) is 27.0 Å². The van der Waals surface area contributed by atoms with Crippen molar-refractivity contribution in [2.24, 2.45) is 5.41 Å². The molecule has 22 heavy (non-hydrogen) atoms. The maximum atomic E-state index is 13.1. The molecule has 3 unspecified atom stereocenters. The lowest BCUT2D eigenvalue weighted by molar-refractivity contribution is -0.140. The van der Waals surface area contributed by atoms with Crippen LogP contribution in [0.15, 0.2) is 22.3 Å². The van der Waals surface area contributed by atoms with Gasteiger partial charge in [-0.3, -0.25) is 4.57 Å². The van der Waals surface area contributed by atoms with E-state index in [1.165, 1.54) is 20.3 Å². The quantitative estimate of drug-likeness (QED) is 0.573. The van der Waals surface area contributed by atoms with Gasteiger partial charge in [-0.15, -0.1) is 0 Å². The summed E-state index contributed by atoms with van der Waals surface area (Å²) in [6.45, 7) is 3.61. The third-order valence-electron chi connectivity index (χ3n) is 4.05. The number of carbonyl (C=O) groups is 2. The molecule has 2 heterocycles. The molecule has 0 radical (unpaired) electrons. The second-order valence-electron chi connectivity index (χ2n) is 5.37. The van der Waals surface area contributed by atoms with Crippen LogP contribution in [0, 0.1) is 5.41 Å². The molecule has 1 aliphatic carbocycles. The number of halogens is 1. The van der Waals surface area contributed by atoms with Gasteiger partial charge in [0.25, 0.3) is 0 Å². The molecule has 3 atom stereocenters. The van der Waals surface area contributed by atoms with Crippen molar-refractivity contribution in [2.45, 2.75) is 19.5 Å². The molecule has 3 aliphatic rings. The van der Waals surface area contributed by atoms with Crippen LogP contribution in [0.3, 0.4) is 0 Å². The van der Waals surface area contributed by atoms with Gasteiger partial charge >= 0.3 is 11.9 Å². The highest BCUT2D eigenvalue weighted by molar-refractivity contribution is 7.60. The zero-order chi connectivity index (χ0) is 16.7. The van der Waals surface area contributed by atoms with Crippen molar-refractivity contribution in [3.63, 3.8) is 0 Å². The standard InChI is InChI=1S/C14H18ClO6P/c1-5-21-22(18)7-14(2)9(15)6-8(22)10(12(16)19-3)11(14)13(17)20-4/h6,8H,5,7H2,1-4H3. The van der Waals surface area contributed by atoms with Gasteiger partial charge < -0.3 is 14.0 Å². The minimum Gasteiger partial charge on any atom is -0.466 e. The Bertz CT molecular complexity index is 637. The van der Waals surface area contributed by atoms with Crippen LogP contribution >= 0.6 is 19.0 Å². The largest absolute Gasteiger partial charge is 0.466 e. The molecular formula is C14H18ClO6P. The Morgan fingerprint density at radius 2 is 1.95 bits per heavy atom. The fourth-order valence-electron chi connectivity index (χ4n) is 3.09. The van der Waals surface area contributed by atoms with Crippen molar-refractivity contribution in [1.29, 1.82) is 0 Å². The summed E-state index contributed by atoms with van der Waals surface area (Å²) in [5, 5.41) is 0.358. The second-order valence-corrected chi connectivity index (χ2v) is 8.36. The number of hydrogen-bond donors (Lipinski definition) is 0. The zero-order valence-electron chi connectivity index (χ0n) is 12.8. The van der Waals surface area contributed by atoms with E-state index in [4.69, 9.17) is 25.6 Å². The maximum absolute atomic E-state index is 13.1. The molecule has 3 rings (SSSR count). The number of carbonyl (C=O) groups excluding carboxylic acids is 2. The van der Waals surface area contributed by atoms with Crippen LogP contribution in [0.1, 0.15) is 13.8 Å². The van der Waals surface area contributed by atoms with Gasteiger partial charge in [0.2, 0.25) is 7.37 Å². The smallest absolute Gasteiger partial charge is 0.335 e. The Kier molecular flexibility index (Phi) is 4.58. The minimum atomic E-state index is -3.21. The van der Waals surface area contributed by atoms with Gasteiger partial charge in [0.1, 0.15) is 0 Å². The molecule has 0 spiro atoms. The summed E-state index contributed by atoms with van der Waals surface area (Å²) in [6, 6.07) is 0. The molecule has 2 aliphatic heterocycles. The molecule has 0 saturated heterocycles. The normalized spacial score (nSPS) is 33.5. The van der Waals surface area contributed by atoms with E-state index in [1.54, 1.807) is 13.8 Å². The third kappa shape index (κ3) is 2.34. The summed E-state index contributed by atoms with van der Waals surface area (Å²) in [6.07, 6.45) is 1.58. The van der Waals surface area contributed by atoms with Gasteiger partial charge in [-0.25, -0.2) is 9.59 Å². The first-order valence-corrected chi connectivity index (χ1v) is 9.03. The first-order chi connectivity index (χ1) is 10.2. The van der Waals surface area contributed by atoms with Crippen molar-refractivity contribution in [3.05, 3.63) is 22.3 Å². The van der Waals surface area contributed by atoms with Crippen molar-refractivity contribution in [1.82, 2.24) is 0 Å². The van der Waals surface area contributed by atoms with Crippen LogP contribution in [-0.2, 0) is 28.2 Å². The number of ether oxygens (including phenoxy) is 2. The molecule has 0 aromatic rings. The van der Waals surface area contributed by atoms with E-state index in [1.807, 2.05) is 0 Å². The van der Waals surface area contributed by atoms with E-state index in [2.05, 4.69) is 0 Å². The SMILES string of the molecule is CCOP1(=O)CC2(C)C(Cl)=CC1C(C(=O)OC)=C2C(=O)OC. The van der Waals surface area contributed by atoms with Gasteiger partial charge in [0.05, 0.1) is 37.6 Å². The molecular weight excluding hydrogens is 331 g/mol. The molecule has 2 bridgehead atoms. The summed E-state index contributed by atoms with van der Waals surface area (Å²) in [7, 11) is -0.797. The van der Waals surface area contributed by atoms with Gasteiger partial charge in [0, 0.05) is 16.6 Å². The third-order valence-corrected chi connectivity index (χ3v) is 7.62. The van der Waals surface area contributed by atoms with Crippen LogP contribution in [-0.4, -0.2) is 44.6 Å². The fourth-order valence-corrected chi connectivity index (χ4v) is 6.66. The van der Waals surface area contributed by atoms with Gasteiger partial charge in [0.15, 0.2) is 0 Å². The van der Waals surface area contributed by atoms with Crippen molar-refractivity contribution >= 4 is 30.9 Å². The summed E-state index contributed by atoms with van der Waals surface area (Å²) in [5.74, 6) is -1.40. The summed E-state index contributed by atoms with van der Waals surface area (Å²) in [4.78, 5) is 24.4. The average Bonchev–Trinajstić information content (AvgIpc) is 2.46. The van der Waals surface area contributed by atoms with Crippen LogP contribution in [0.5, 0.6) is 0 Å². The molecule has 0 fully saturated rings. The van der Waals surface area contributed by atoms with E-state index in [-0.39, 0.29) is 23.9 Å². The number of allylic oxidation sites excluding steroid dienone is 2. The van der Waals surface area contributed by atoms with Crippen molar-refractivity contribution < 1.29 is 28.2 Å². The molecule has 8 heteroatoms. The molecule has 122 valence electrons. The van der Waals surface area contributed by atoms with Crippen LogP contribution in [0.4, 0.5) is 0 Å².